The summed E-state index contributed by atoms with van der Waals surface area (Å²) in [6, 6.07) is 6.74. The monoisotopic (exact) mass is 219 g/mol. The zero-order valence-electron chi connectivity index (χ0n) is 10.2. The van der Waals surface area contributed by atoms with Crippen LogP contribution in [0.1, 0.15) is 43.7 Å². The average Bonchev–Trinajstić information content (AvgIpc) is 2.27. The molecule has 2 unspecified atom stereocenters. The van der Waals surface area contributed by atoms with Crippen LogP contribution in [0.4, 0.5) is 0 Å². The van der Waals surface area contributed by atoms with Crippen LogP contribution < -0.4 is 10.5 Å². The molecule has 16 heavy (non-hydrogen) atoms. The van der Waals surface area contributed by atoms with Gasteiger partial charge in [0.1, 0.15) is 5.75 Å². The smallest absolute Gasteiger partial charge is 0.125 e. The zero-order valence-corrected chi connectivity index (χ0v) is 10.2. The minimum atomic E-state index is 0.245. The molecule has 0 aromatic heterocycles. The lowest BCUT2D eigenvalue weighted by molar-refractivity contribution is 0.283. The fourth-order valence-corrected chi connectivity index (χ4v) is 2.49. The molecule has 0 fully saturated rings. The van der Waals surface area contributed by atoms with Crippen molar-refractivity contribution in [2.45, 2.75) is 45.1 Å². The Kier molecular flexibility index (Phi) is 3.49. The van der Waals surface area contributed by atoms with E-state index < -0.39 is 0 Å². The summed E-state index contributed by atoms with van der Waals surface area (Å²) < 4.78 is 5.82. The lowest BCUT2D eigenvalue weighted by atomic mass is 9.91. The molecule has 2 N–H and O–H groups in total. The number of hydrogen-bond acceptors (Lipinski definition) is 2. The van der Waals surface area contributed by atoms with Gasteiger partial charge in [-0.2, -0.15) is 0 Å². The standard InChI is InChI=1S/C14H21NO/c1-10(9-11(2)15)13-7-3-5-12-6-4-8-16-14(12)13/h3,5,7,10-11H,4,6,8-9,15H2,1-2H3. The summed E-state index contributed by atoms with van der Waals surface area (Å²) in [6.07, 6.45) is 3.30. The minimum absolute atomic E-state index is 0.245. The van der Waals surface area contributed by atoms with Gasteiger partial charge < -0.3 is 10.5 Å². The Morgan fingerprint density at radius 1 is 1.38 bits per heavy atom. The summed E-state index contributed by atoms with van der Waals surface area (Å²) in [5.41, 5.74) is 8.56. The Balaban J connectivity index is 2.26. The molecule has 2 rings (SSSR count). The van der Waals surface area contributed by atoms with Crippen LogP contribution in [-0.4, -0.2) is 12.6 Å². The summed E-state index contributed by atoms with van der Waals surface area (Å²) in [5.74, 6) is 1.61. The molecule has 1 aromatic rings. The van der Waals surface area contributed by atoms with Crippen LogP contribution in [0, 0.1) is 0 Å². The van der Waals surface area contributed by atoms with Gasteiger partial charge in [0.2, 0.25) is 0 Å². The summed E-state index contributed by atoms with van der Waals surface area (Å²) >= 11 is 0. The molecule has 1 heterocycles. The molecule has 2 nitrogen and oxygen atoms in total. The van der Waals surface area contributed by atoms with E-state index in [9.17, 15) is 0 Å². The molecule has 0 saturated heterocycles. The van der Waals surface area contributed by atoms with E-state index in [1.165, 1.54) is 11.1 Å². The molecule has 88 valence electrons. The van der Waals surface area contributed by atoms with Gasteiger partial charge in [-0.3, -0.25) is 0 Å². The molecule has 1 aromatic carbocycles. The van der Waals surface area contributed by atoms with Gasteiger partial charge in [-0.1, -0.05) is 25.1 Å². The largest absolute Gasteiger partial charge is 0.493 e. The maximum Gasteiger partial charge on any atom is 0.125 e. The first-order valence-corrected chi connectivity index (χ1v) is 6.18. The summed E-state index contributed by atoms with van der Waals surface area (Å²) in [4.78, 5) is 0. The lowest BCUT2D eigenvalue weighted by Crippen LogP contribution is -2.19. The normalized spacial score (nSPS) is 18.4. The highest BCUT2D eigenvalue weighted by molar-refractivity contribution is 5.44. The van der Waals surface area contributed by atoms with Crippen molar-refractivity contribution in [3.8, 4) is 5.75 Å². The van der Waals surface area contributed by atoms with Crippen molar-refractivity contribution < 1.29 is 4.74 Å². The molecule has 0 aliphatic carbocycles. The van der Waals surface area contributed by atoms with Crippen LogP contribution in [0.3, 0.4) is 0 Å². The van der Waals surface area contributed by atoms with Crippen LogP contribution >= 0.6 is 0 Å². The third-order valence-corrected chi connectivity index (χ3v) is 3.22. The Labute approximate surface area is 97.8 Å². The molecule has 0 bridgehead atoms. The number of hydrogen-bond donors (Lipinski definition) is 1. The average molecular weight is 219 g/mol. The molecule has 1 aliphatic heterocycles. The predicted octanol–water partition coefficient (Wildman–Crippen LogP) is 2.85. The van der Waals surface area contributed by atoms with Crippen molar-refractivity contribution in [2.75, 3.05) is 6.61 Å². The first kappa shape index (κ1) is 11.5. The van der Waals surface area contributed by atoms with Crippen molar-refractivity contribution in [3.05, 3.63) is 29.3 Å². The fourth-order valence-electron chi connectivity index (χ4n) is 2.49. The SMILES string of the molecule is CC(N)CC(C)c1cccc2c1OCCC2. The first-order valence-electron chi connectivity index (χ1n) is 6.18. The van der Waals surface area contributed by atoms with Crippen molar-refractivity contribution in [2.24, 2.45) is 5.73 Å². The Morgan fingerprint density at radius 2 is 2.19 bits per heavy atom. The van der Waals surface area contributed by atoms with Crippen LogP contribution in [-0.2, 0) is 6.42 Å². The van der Waals surface area contributed by atoms with Gasteiger partial charge in [0.25, 0.3) is 0 Å². The van der Waals surface area contributed by atoms with Crippen molar-refractivity contribution in [1.82, 2.24) is 0 Å². The van der Waals surface area contributed by atoms with Crippen molar-refractivity contribution in [3.63, 3.8) is 0 Å². The summed E-state index contributed by atoms with van der Waals surface area (Å²) in [5, 5.41) is 0. The summed E-state index contributed by atoms with van der Waals surface area (Å²) in [7, 11) is 0. The fraction of sp³-hybridized carbons (Fsp3) is 0.571. The van der Waals surface area contributed by atoms with E-state index in [0.717, 1.165) is 31.6 Å². The van der Waals surface area contributed by atoms with Gasteiger partial charge >= 0.3 is 0 Å². The summed E-state index contributed by atoms with van der Waals surface area (Å²) in [6.45, 7) is 5.15. The van der Waals surface area contributed by atoms with E-state index in [1.807, 2.05) is 0 Å². The van der Waals surface area contributed by atoms with E-state index in [0.29, 0.717) is 5.92 Å². The van der Waals surface area contributed by atoms with Crippen LogP contribution in [0.25, 0.3) is 0 Å². The van der Waals surface area contributed by atoms with Gasteiger partial charge in [0, 0.05) is 6.04 Å². The molecule has 0 radical (unpaired) electrons. The third-order valence-electron chi connectivity index (χ3n) is 3.22. The van der Waals surface area contributed by atoms with Gasteiger partial charge in [0.15, 0.2) is 0 Å². The maximum atomic E-state index is 5.87. The number of aryl methyl sites for hydroxylation is 1. The second-order valence-corrected chi connectivity index (χ2v) is 4.90. The van der Waals surface area contributed by atoms with Gasteiger partial charge in [-0.05, 0) is 43.2 Å². The second-order valence-electron chi connectivity index (χ2n) is 4.90. The molecule has 0 spiro atoms. The highest BCUT2D eigenvalue weighted by Crippen LogP contribution is 2.35. The number of rotatable bonds is 3. The number of benzene rings is 1. The Hall–Kier alpha value is -1.02. The minimum Gasteiger partial charge on any atom is -0.493 e. The molecule has 1 aliphatic rings. The quantitative estimate of drug-likeness (QED) is 0.848. The van der Waals surface area contributed by atoms with Gasteiger partial charge in [-0.25, -0.2) is 0 Å². The third kappa shape index (κ3) is 2.38. The highest BCUT2D eigenvalue weighted by Gasteiger charge is 2.18. The first-order chi connectivity index (χ1) is 7.68. The molecule has 2 atom stereocenters. The van der Waals surface area contributed by atoms with Crippen molar-refractivity contribution >= 4 is 0 Å². The molecular formula is C14H21NO. The van der Waals surface area contributed by atoms with E-state index >= 15 is 0 Å². The number of fused-ring (bicyclic) bond motifs is 1. The van der Waals surface area contributed by atoms with E-state index in [-0.39, 0.29) is 6.04 Å². The number of ether oxygens (including phenoxy) is 1. The zero-order chi connectivity index (χ0) is 11.5. The van der Waals surface area contributed by atoms with Crippen LogP contribution in [0.5, 0.6) is 5.75 Å². The van der Waals surface area contributed by atoms with E-state index in [2.05, 4.69) is 32.0 Å². The van der Waals surface area contributed by atoms with Gasteiger partial charge in [0.05, 0.1) is 6.61 Å². The van der Waals surface area contributed by atoms with Crippen molar-refractivity contribution in [1.29, 1.82) is 0 Å². The van der Waals surface area contributed by atoms with Crippen LogP contribution in [0.2, 0.25) is 0 Å². The molecule has 0 saturated carbocycles. The Bertz CT molecular complexity index is 360. The molecule has 2 heteroatoms. The molecule has 0 amide bonds. The molecular weight excluding hydrogens is 198 g/mol. The number of para-hydroxylation sites is 1. The maximum absolute atomic E-state index is 5.87. The lowest BCUT2D eigenvalue weighted by Gasteiger charge is -2.24. The van der Waals surface area contributed by atoms with Crippen LogP contribution in [0.15, 0.2) is 18.2 Å². The van der Waals surface area contributed by atoms with Gasteiger partial charge in [-0.15, -0.1) is 0 Å². The Morgan fingerprint density at radius 3 is 2.94 bits per heavy atom. The van der Waals surface area contributed by atoms with E-state index in [1.54, 1.807) is 0 Å². The topological polar surface area (TPSA) is 35.2 Å². The highest BCUT2D eigenvalue weighted by atomic mass is 16.5. The second kappa shape index (κ2) is 4.88. The van der Waals surface area contributed by atoms with E-state index in [4.69, 9.17) is 10.5 Å². The predicted molar refractivity (Wildman–Crippen MR) is 66.9 cm³/mol. The number of nitrogens with two attached hydrogens (primary N) is 1.